The van der Waals surface area contributed by atoms with Crippen molar-refractivity contribution < 1.29 is 9.59 Å². The van der Waals surface area contributed by atoms with Crippen LogP contribution in [0.15, 0.2) is 67.3 Å². The van der Waals surface area contributed by atoms with Gasteiger partial charge in [-0.05, 0) is 17.0 Å². The lowest BCUT2D eigenvalue weighted by Gasteiger charge is -2.29. The van der Waals surface area contributed by atoms with Gasteiger partial charge in [-0.2, -0.15) is 0 Å². The number of carbonyl (C=O) groups excluding carboxylic acids is 2. The highest BCUT2D eigenvalue weighted by Gasteiger charge is 2.28. The average molecular weight is 321 g/mol. The van der Waals surface area contributed by atoms with Gasteiger partial charge in [-0.1, -0.05) is 75.4 Å². The van der Waals surface area contributed by atoms with Crippen molar-refractivity contribution in [2.75, 3.05) is 11.4 Å². The lowest BCUT2D eigenvalue weighted by molar-refractivity contribution is -0.114. The molecule has 0 radical (unpaired) electrons. The minimum Gasteiger partial charge on any atom is -0.301 e. The number of hydrogen-bond acceptors (Lipinski definition) is 2. The number of hydrogen-bond donors (Lipinski definition) is 0. The number of carbonyl (C=O) groups is 2. The summed E-state index contributed by atoms with van der Waals surface area (Å²) < 4.78 is 0. The van der Waals surface area contributed by atoms with Crippen molar-refractivity contribution in [1.29, 1.82) is 0 Å². The number of nitrogens with zero attached hydrogens (tertiary/aromatic N) is 1. The van der Waals surface area contributed by atoms with E-state index in [1.165, 1.54) is 4.90 Å². The van der Waals surface area contributed by atoms with Crippen molar-refractivity contribution in [1.82, 2.24) is 0 Å². The van der Waals surface area contributed by atoms with E-state index in [2.05, 4.69) is 27.4 Å². The maximum absolute atomic E-state index is 12.8. The Morgan fingerprint density at radius 1 is 1.00 bits per heavy atom. The highest BCUT2D eigenvalue weighted by atomic mass is 16.2. The molecular weight excluding hydrogens is 298 g/mol. The summed E-state index contributed by atoms with van der Waals surface area (Å²) in [6.45, 7) is 10.3. The summed E-state index contributed by atoms with van der Waals surface area (Å²) in [6, 6.07) is 16.3. The smallest absolute Gasteiger partial charge is 0.299 e. The Kier molecular flexibility index (Phi) is 5.35. The summed E-state index contributed by atoms with van der Waals surface area (Å²) >= 11 is 0. The van der Waals surface area contributed by atoms with Crippen LogP contribution in [0.2, 0.25) is 0 Å². The summed E-state index contributed by atoms with van der Waals surface area (Å²) in [5.41, 5.74) is 2.01. The summed E-state index contributed by atoms with van der Waals surface area (Å²) in [5, 5.41) is 0. The minimum absolute atomic E-state index is 0.147. The van der Waals surface area contributed by atoms with Gasteiger partial charge in [0.1, 0.15) is 0 Å². The van der Waals surface area contributed by atoms with Crippen LogP contribution in [0.3, 0.4) is 0 Å². The second-order valence-corrected chi connectivity index (χ2v) is 6.67. The molecule has 0 heterocycles. The predicted molar refractivity (Wildman–Crippen MR) is 98.5 cm³/mol. The van der Waals surface area contributed by atoms with Gasteiger partial charge in [0.2, 0.25) is 0 Å². The molecule has 124 valence electrons. The monoisotopic (exact) mass is 321 g/mol. The van der Waals surface area contributed by atoms with Crippen molar-refractivity contribution in [2.45, 2.75) is 26.2 Å². The van der Waals surface area contributed by atoms with Crippen LogP contribution < -0.4 is 4.90 Å². The molecule has 0 spiro atoms. The van der Waals surface area contributed by atoms with Crippen LogP contribution in [0.5, 0.6) is 0 Å². The molecule has 0 saturated heterocycles. The fraction of sp³-hybridized carbons (Fsp3) is 0.238. The summed E-state index contributed by atoms with van der Waals surface area (Å²) in [6.07, 6.45) is 1.63. The van der Waals surface area contributed by atoms with Gasteiger partial charge in [0.05, 0.1) is 0 Å². The molecule has 1 amide bonds. The first-order chi connectivity index (χ1) is 11.4. The number of Topliss-reactive ketones (excluding diaryl/α,β-unsaturated/α-hetero) is 1. The van der Waals surface area contributed by atoms with E-state index in [0.717, 1.165) is 11.3 Å². The third-order valence-corrected chi connectivity index (χ3v) is 3.79. The summed E-state index contributed by atoms with van der Waals surface area (Å²) in [5.74, 6) is -1.06. The number of amides is 1. The average Bonchev–Trinajstić information content (AvgIpc) is 2.58. The lowest BCUT2D eigenvalue weighted by atomic mass is 9.85. The zero-order valence-corrected chi connectivity index (χ0v) is 14.5. The second-order valence-electron chi connectivity index (χ2n) is 6.67. The van der Waals surface area contributed by atoms with Gasteiger partial charge in [-0.25, -0.2) is 0 Å². The molecule has 0 unspecified atom stereocenters. The molecule has 0 aliphatic heterocycles. The van der Waals surface area contributed by atoms with Crippen LogP contribution >= 0.6 is 0 Å². The van der Waals surface area contributed by atoms with Gasteiger partial charge in [0, 0.05) is 17.8 Å². The third-order valence-electron chi connectivity index (χ3n) is 3.79. The number of anilines is 1. The van der Waals surface area contributed by atoms with Crippen molar-refractivity contribution >= 4 is 17.4 Å². The molecule has 0 aliphatic carbocycles. The molecule has 0 bridgehead atoms. The first kappa shape index (κ1) is 17.7. The second kappa shape index (κ2) is 7.26. The first-order valence-electron chi connectivity index (χ1n) is 7.98. The van der Waals surface area contributed by atoms with Crippen molar-refractivity contribution in [2.24, 2.45) is 0 Å². The maximum Gasteiger partial charge on any atom is 0.299 e. The van der Waals surface area contributed by atoms with E-state index in [1.807, 2.05) is 30.3 Å². The van der Waals surface area contributed by atoms with Crippen molar-refractivity contribution in [3.63, 3.8) is 0 Å². The number of para-hydroxylation sites is 1. The molecule has 0 fully saturated rings. The van der Waals surface area contributed by atoms with E-state index in [1.54, 1.807) is 30.3 Å². The van der Waals surface area contributed by atoms with Gasteiger partial charge < -0.3 is 4.90 Å². The molecule has 2 aromatic carbocycles. The molecule has 2 aromatic rings. The molecular formula is C21H23NO2. The zero-order valence-electron chi connectivity index (χ0n) is 14.5. The minimum atomic E-state index is -0.544. The quantitative estimate of drug-likeness (QED) is 0.465. The van der Waals surface area contributed by atoms with Crippen molar-refractivity contribution in [3.8, 4) is 0 Å². The Balaban J connectivity index is 2.46. The summed E-state index contributed by atoms with van der Waals surface area (Å²) in [4.78, 5) is 26.9. The van der Waals surface area contributed by atoms with Gasteiger partial charge >= 0.3 is 0 Å². The van der Waals surface area contributed by atoms with Gasteiger partial charge in [0.25, 0.3) is 11.7 Å². The largest absolute Gasteiger partial charge is 0.301 e. The fourth-order valence-corrected chi connectivity index (χ4v) is 2.60. The summed E-state index contributed by atoms with van der Waals surface area (Å²) in [7, 11) is 0. The molecule has 0 N–H and O–H groups in total. The highest BCUT2D eigenvalue weighted by molar-refractivity contribution is 6.47. The Hall–Kier alpha value is -2.68. The van der Waals surface area contributed by atoms with E-state index in [4.69, 9.17) is 0 Å². The van der Waals surface area contributed by atoms with E-state index >= 15 is 0 Å². The predicted octanol–water partition coefficient (Wildman–Crippen LogP) is 4.39. The first-order valence-corrected chi connectivity index (χ1v) is 7.98. The van der Waals surface area contributed by atoms with E-state index in [-0.39, 0.29) is 12.0 Å². The highest BCUT2D eigenvalue weighted by Crippen LogP contribution is 2.32. The maximum atomic E-state index is 12.8. The topological polar surface area (TPSA) is 37.4 Å². The Bertz CT molecular complexity index is 742. The molecule has 3 heteroatoms. The van der Waals surface area contributed by atoms with Crippen molar-refractivity contribution in [3.05, 3.63) is 78.4 Å². The van der Waals surface area contributed by atoms with E-state index < -0.39 is 11.7 Å². The molecule has 0 atom stereocenters. The van der Waals surface area contributed by atoms with Gasteiger partial charge in [0.15, 0.2) is 0 Å². The molecule has 0 aliphatic rings. The third kappa shape index (κ3) is 3.80. The number of benzene rings is 2. The van der Waals surface area contributed by atoms with Crippen LogP contribution in [0, 0.1) is 0 Å². The SMILES string of the molecule is C=CCN(C(=O)C(=O)c1ccccc1)c1ccccc1C(C)(C)C. The van der Waals surface area contributed by atoms with Crippen LogP contribution in [-0.4, -0.2) is 18.2 Å². The standard InChI is InChI=1S/C21H23NO2/c1-5-15-22(18-14-10-9-13-17(18)21(2,3)4)20(24)19(23)16-11-7-6-8-12-16/h5-14H,1,15H2,2-4H3. The van der Waals surface area contributed by atoms with E-state index in [9.17, 15) is 9.59 Å². The zero-order chi connectivity index (χ0) is 17.7. The molecule has 0 aromatic heterocycles. The van der Waals surface area contributed by atoms with Crippen LogP contribution in [0.1, 0.15) is 36.7 Å². The van der Waals surface area contributed by atoms with Crippen LogP contribution in [0.25, 0.3) is 0 Å². The van der Waals surface area contributed by atoms with E-state index in [0.29, 0.717) is 5.56 Å². The Morgan fingerprint density at radius 2 is 1.58 bits per heavy atom. The Morgan fingerprint density at radius 3 is 2.17 bits per heavy atom. The molecule has 0 saturated carbocycles. The normalized spacial score (nSPS) is 11.0. The fourth-order valence-electron chi connectivity index (χ4n) is 2.60. The van der Waals surface area contributed by atoms with Gasteiger partial charge in [-0.3, -0.25) is 9.59 Å². The molecule has 24 heavy (non-hydrogen) atoms. The van der Waals surface area contributed by atoms with Crippen LogP contribution in [0.4, 0.5) is 5.69 Å². The lowest BCUT2D eigenvalue weighted by Crippen LogP contribution is -2.38. The number of ketones is 1. The Labute approximate surface area is 143 Å². The molecule has 3 nitrogen and oxygen atoms in total. The number of rotatable bonds is 5. The van der Waals surface area contributed by atoms with Gasteiger partial charge in [-0.15, -0.1) is 6.58 Å². The van der Waals surface area contributed by atoms with Crippen LogP contribution in [-0.2, 0) is 10.2 Å². The molecule has 2 rings (SSSR count).